The summed E-state index contributed by atoms with van der Waals surface area (Å²) < 4.78 is 50.8. The summed E-state index contributed by atoms with van der Waals surface area (Å²) in [6.45, 7) is 1.90. The summed E-state index contributed by atoms with van der Waals surface area (Å²) in [6, 6.07) is 4.75. The van der Waals surface area contributed by atoms with Gasteiger partial charge in [0, 0.05) is 18.4 Å². The lowest BCUT2D eigenvalue weighted by Gasteiger charge is -2.13. The lowest BCUT2D eigenvalue weighted by molar-refractivity contribution is -0.137. The predicted molar refractivity (Wildman–Crippen MR) is 67.7 cm³/mol. The van der Waals surface area contributed by atoms with Gasteiger partial charge in [0.25, 0.3) is 0 Å². The second kappa shape index (κ2) is 5.48. The molecule has 0 atom stereocenters. The van der Waals surface area contributed by atoms with E-state index in [2.05, 4.69) is 10.3 Å². The highest BCUT2D eigenvalue weighted by atomic mass is 19.4. The predicted octanol–water partition coefficient (Wildman–Crippen LogP) is 4.16. The highest BCUT2D eigenvalue weighted by molar-refractivity contribution is 5.53. The van der Waals surface area contributed by atoms with Crippen molar-refractivity contribution >= 4 is 5.69 Å². The molecule has 0 aliphatic rings. The Morgan fingerprint density at radius 1 is 1.15 bits per heavy atom. The van der Waals surface area contributed by atoms with Crippen LogP contribution in [0.3, 0.4) is 0 Å². The monoisotopic (exact) mass is 284 g/mol. The van der Waals surface area contributed by atoms with E-state index in [0.29, 0.717) is 16.8 Å². The molecule has 2 nitrogen and oxygen atoms in total. The first kappa shape index (κ1) is 14.3. The molecule has 20 heavy (non-hydrogen) atoms. The fraction of sp³-hybridized carbons (Fsp3) is 0.214. The number of hydrogen-bond donors (Lipinski definition) is 1. The minimum Gasteiger partial charge on any atom is -0.381 e. The molecule has 1 N–H and O–H groups in total. The van der Waals surface area contributed by atoms with Crippen molar-refractivity contribution in [2.24, 2.45) is 0 Å². The summed E-state index contributed by atoms with van der Waals surface area (Å²) in [7, 11) is 0. The second-order valence-corrected chi connectivity index (χ2v) is 4.39. The van der Waals surface area contributed by atoms with E-state index in [1.54, 1.807) is 6.92 Å². The van der Waals surface area contributed by atoms with E-state index >= 15 is 0 Å². The second-order valence-electron chi connectivity index (χ2n) is 4.39. The van der Waals surface area contributed by atoms with Crippen molar-refractivity contribution in [1.29, 1.82) is 0 Å². The highest BCUT2D eigenvalue weighted by Gasteiger charge is 2.30. The fourth-order valence-electron chi connectivity index (χ4n) is 1.74. The Morgan fingerprint density at radius 2 is 1.90 bits per heavy atom. The van der Waals surface area contributed by atoms with Gasteiger partial charge in [-0.2, -0.15) is 13.2 Å². The quantitative estimate of drug-likeness (QED) is 0.856. The Balaban J connectivity index is 2.17. The summed E-state index contributed by atoms with van der Waals surface area (Å²) >= 11 is 0. The number of pyridine rings is 1. The van der Waals surface area contributed by atoms with Gasteiger partial charge < -0.3 is 5.32 Å². The van der Waals surface area contributed by atoms with Crippen LogP contribution in [0.4, 0.5) is 23.2 Å². The van der Waals surface area contributed by atoms with E-state index in [9.17, 15) is 17.6 Å². The van der Waals surface area contributed by atoms with Crippen LogP contribution < -0.4 is 5.32 Å². The molecule has 2 aromatic rings. The molecule has 0 saturated heterocycles. The number of aromatic nitrogens is 1. The van der Waals surface area contributed by atoms with Crippen LogP contribution in [0.2, 0.25) is 0 Å². The van der Waals surface area contributed by atoms with Crippen molar-refractivity contribution in [2.75, 3.05) is 5.32 Å². The van der Waals surface area contributed by atoms with Gasteiger partial charge in [0.1, 0.15) is 5.82 Å². The van der Waals surface area contributed by atoms with Crippen LogP contribution in [0.1, 0.15) is 16.7 Å². The molecule has 1 aromatic carbocycles. The molecule has 6 heteroatoms. The maximum atomic E-state index is 13.0. The lowest BCUT2D eigenvalue weighted by Crippen LogP contribution is -2.08. The van der Waals surface area contributed by atoms with E-state index in [4.69, 9.17) is 0 Å². The Labute approximate surface area is 113 Å². The molecular formula is C14H12F4N2. The molecule has 0 unspecified atom stereocenters. The molecule has 1 heterocycles. The smallest absolute Gasteiger partial charge is 0.381 e. The van der Waals surface area contributed by atoms with Crippen molar-refractivity contribution in [3.05, 3.63) is 59.2 Å². The van der Waals surface area contributed by atoms with Gasteiger partial charge in [0.2, 0.25) is 0 Å². The Kier molecular flexibility index (Phi) is 3.92. The van der Waals surface area contributed by atoms with Crippen molar-refractivity contribution in [3.8, 4) is 0 Å². The van der Waals surface area contributed by atoms with E-state index in [-0.39, 0.29) is 6.54 Å². The number of benzene rings is 1. The number of anilines is 1. The van der Waals surface area contributed by atoms with Gasteiger partial charge in [-0.25, -0.2) is 4.39 Å². The fourth-order valence-corrected chi connectivity index (χ4v) is 1.74. The summed E-state index contributed by atoms with van der Waals surface area (Å²) in [5.41, 5.74) is 0.885. The Morgan fingerprint density at radius 3 is 2.55 bits per heavy atom. The molecule has 0 aliphatic carbocycles. The van der Waals surface area contributed by atoms with Crippen molar-refractivity contribution < 1.29 is 17.6 Å². The molecule has 2 rings (SSSR count). The van der Waals surface area contributed by atoms with Crippen LogP contribution in [0.15, 0.2) is 36.7 Å². The van der Waals surface area contributed by atoms with Crippen LogP contribution in [-0.4, -0.2) is 4.98 Å². The van der Waals surface area contributed by atoms with Gasteiger partial charge >= 0.3 is 6.18 Å². The topological polar surface area (TPSA) is 24.9 Å². The number of rotatable bonds is 3. The molecule has 0 amide bonds. The van der Waals surface area contributed by atoms with E-state index in [1.165, 1.54) is 18.3 Å². The number of aryl methyl sites for hydroxylation is 1. The third kappa shape index (κ3) is 3.46. The van der Waals surface area contributed by atoms with Crippen molar-refractivity contribution in [2.45, 2.75) is 19.6 Å². The van der Waals surface area contributed by atoms with Crippen LogP contribution in [-0.2, 0) is 12.7 Å². The zero-order valence-electron chi connectivity index (χ0n) is 10.6. The first-order chi connectivity index (χ1) is 9.36. The Hall–Kier alpha value is -2.11. The van der Waals surface area contributed by atoms with Crippen LogP contribution >= 0.6 is 0 Å². The third-order valence-electron chi connectivity index (χ3n) is 2.81. The molecule has 0 radical (unpaired) electrons. The molecular weight excluding hydrogens is 272 g/mol. The first-order valence-corrected chi connectivity index (χ1v) is 5.87. The van der Waals surface area contributed by atoms with Gasteiger partial charge in [-0.3, -0.25) is 4.98 Å². The minimum absolute atomic E-state index is 0.201. The molecule has 0 saturated carbocycles. The zero-order valence-corrected chi connectivity index (χ0v) is 10.6. The molecule has 106 valence electrons. The minimum atomic E-state index is -4.38. The van der Waals surface area contributed by atoms with E-state index in [0.717, 1.165) is 18.3 Å². The number of alkyl halides is 3. The number of halogens is 4. The number of nitrogens with one attached hydrogen (secondary N) is 1. The van der Waals surface area contributed by atoms with E-state index < -0.39 is 17.6 Å². The molecule has 0 spiro atoms. The maximum absolute atomic E-state index is 13.0. The van der Waals surface area contributed by atoms with Gasteiger partial charge in [-0.1, -0.05) is 6.07 Å². The van der Waals surface area contributed by atoms with Gasteiger partial charge in [0.05, 0.1) is 11.8 Å². The van der Waals surface area contributed by atoms with Gasteiger partial charge in [-0.15, -0.1) is 0 Å². The first-order valence-electron chi connectivity index (χ1n) is 5.87. The summed E-state index contributed by atoms with van der Waals surface area (Å²) in [6.07, 6.45) is -1.86. The zero-order chi connectivity index (χ0) is 14.8. The summed E-state index contributed by atoms with van der Waals surface area (Å²) in [5.74, 6) is -0.481. The van der Waals surface area contributed by atoms with Crippen molar-refractivity contribution in [1.82, 2.24) is 4.98 Å². The standard InChI is InChI=1S/C14H12F4N2/c1-9-2-3-11(14(16,17)18)5-13(9)20-7-10-4-12(15)8-19-6-10/h2-6,8,20H,7H2,1H3. The molecule has 0 bridgehead atoms. The summed E-state index contributed by atoms with van der Waals surface area (Å²) in [5, 5.41) is 2.86. The number of hydrogen-bond acceptors (Lipinski definition) is 2. The Bertz CT molecular complexity index is 608. The number of nitrogens with zero attached hydrogens (tertiary/aromatic N) is 1. The summed E-state index contributed by atoms with van der Waals surface area (Å²) in [4.78, 5) is 3.68. The van der Waals surface area contributed by atoms with Crippen LogP contribution in [0, 0.1) is 12.7 Å². The SMILES string of the molecule is Cc1ccc(C(F)(F)F)cc1NCc1cncc(F)c1. The average molecular weight is 284 g/mol. The van der Waals surface area contributed by atoms with Crippen LogP contribution in [0.5, 0.6) is 0 Å². The van der Waals surface area contributed by atoms with E-state index in [1.807, 2.05) is 0 Å². The molecule has 0 aliphatic heterocycles. The van der Waals surface area contributed by atoms with Crippen LogP contribution in [0.25, 0.3) is 0 Å². The molecule has 0 fully saturated rings. The van der Waals surface area contributed by atoms with Gasteiger partial charge in [-0.05, 0) is 36.2 Å². The average Bonchev–Trinajstić information content (AvgIpc) is 2.36. The highest BCUT2D eigenvalue weighted by Crippen LogP contribution is 2.32. The molecule has 1 aromatic heterocycles. The normalized spacial score (nSPS) is 11.4. The van der Waals surface area contributed by atoms with Gasteiger partial charge in [0.15, 0.2) is 0 Å². The van der Waals surface area contributed by atoms with Crippen molar-refractivity contribution in [3.63, 3.8) is 0 Å². The maximum Gasteiger partial charge on any atom is 0.416 e. The lowest BCUT2D eigenvalue weighted by atomic mass is 10.1. The third-order valence-corrected chi connectivity index (χ3v) is 2.81. The largest absolute Gasteiger partial charge is 0.416 e.